The lowest BCUT2D eigenvalue weighted by Crippen LogP contribution is -2.30. The first-order chi connectivity index (χ1) is 9.63. The van der Waals surface area contributed by atoms with E-state index in [1.807, 2.05) is 4.90 Å². The van der Waals surface area contributed by atoms with Crippen LogP contribution in [0.2, 0.25) is 0 Å². The molecule has 0 radical (unpaired) electrons. The lowest BCUT2D eigenvalue weighted by molar-refractivity contribution is -0.127. The van der Waals surface area contributed by atoms with Crippen molar-refractivity contribution >= 4 is 17.7 Å². The van der Waals surface area contributed by atoms with Gasteiger partial charge in [-0.05, 0) is 54.4 Å². The molecule has 2 aliphatic rings. The lowest BCUT2D eigenvalue weighted by atomic mass is 10.0. The predicted octanol–water partition coefficient (Wildman–Crippen LogP) is 3.38. The summed E-state index contributed by atoms with van der Waals surface area (Å²) >= 11 is 1.69. The van der Waals surface area contributed by atoms with Crippen LogP contribution in [0.25, 0.3) is 0 Å². The van der Waals surface area contributed by atoms with E-state index in [9.17, 15) is 4.79 Å². The van der Waals surface area contributed by atoms with Crippen molar-refractivity contribution in [1.29, 1.82) is 0 Å². The number of amides is 1. The SMILES string of the molecule is C[C@H]1CN(C(=O)CSc2ccc3c(c2)CCC3)C[C@@H]1C. The van der Waals surface area contributed by atoms with Crippen molar-refractivity contribution in [3.05, 3.63) is 29.3 Å². The fraction of sp³-hybridized carbons (Fsp3) is 0.588. The highest BCUT2D eigenvalue weighted by Crippen LogP contribution is 2.28. The maximum absolute atomic E-state index is 12.2. The average Bonchev–Trinajstić information content (AvgIpc) is 3.03. The summed E-state index contributed by atoms with van der Waals surface area (Å²) in [7, 11) is 0. The highest BCUT2D eigenvalue weighted by molar-refractivity contribution is 8.00. The van der Waals surface area contributed by atoms with Crippen LogP contribution in [0, 0.1) is 11.8 Å². The minimum atomic E-state index is 0.298. The number of carbonyl (C=O) groups is 1. The molecule has 0 bridgehead atoms. The first-order valence-electron chi connectivity index (χ1n) is 7.66. The van der Waals surface area contributed by atoms with E-state index in [1.54, 1.807) is 11.8 Å². The summed E-state index contributed by atoms with van der Waals surface area (Å²) < 4.78 is 0. The van der Waals surface area contributed by atoms with Crippen LogP contribution in [0.3, 0.4) is 0 Å². The minimum absolute atomic E-state index is 0.298. The van der Waals surface area contributed by atoms with E-state index in [4.69, 9.17) is 0 Å². The molecule has 1 aromatic carbocycles. The number of nitrogens with zero attached hydrogens (tertiary/aromatic N) is 1. The molecule has 2 nitrogen and oxygen atoms in total. The third-order valence-electron chi connectivity index (χ3n) is 4.77. The van der Waals surface area contributed by atoms with Gasteiger partial charge in [0.25, 0.3) is 0 Å². The summed E-state index contributed by atoms with van der Waals surface area (Å²) in [6, 6.07) is 6.71. The van der Waals surface area contributed by atoms with E-state index in [-0.39, 0.29) is 0 Å². The maximum Gasteiger partial charge on any atom is 0.232 e. The Bertz CT molecular complexity index is 504. The number of hydrogen-bond donors (Lipinski definition) is 0. The molecule has 3 heteroatoms. The molecule has 1 amide bonds. The average molecular weight is 289 g/mol. The summed E-state index contributed by atoms with van der Waals surface area (Å²) in [5.41, 5.74) is 2.99. The van der Waals surface area contributed by atoms with E-state index >= 15 is 0 Å². The van der Waals surface area contributed by atoms with E-state index in [0.717, 1.165) is 13.1 Å². The van der Waals surface area contributed by atoms with Gasteiger partial charge in [-0.3, -0.25) is 4.79 Å². The van der Waals surface area contributed by atoms with Crippen molar-refractivity contribution in [3.63, 3.8) is 0 Å². The number of carbonyl (C=O) groups excluding carboxylic acids is 1. The van der Waals surface area contributed by atoms with Gasteiger partial charge < -0.3 is 4.90 Å². The Hall–Kier alpha value is -0.960. The van der Waals surface area contributed by atoms with Gasteiger partial charge in [0.1, 0.15) is 0 Å². The summed E-state index contributed by atoms with van der Waals surface area (Å²) in [5.74, 6) is 2.16. The van der Waals surface area contributed by atoms with Gasteiger partial charge in [0.15, 0.2) is 0 Å². The zero-order chi connectivity index (χ0) is 14.1. The number of thioether (sulfide) groups is 1. The number of aryl methyl sites for hydroxylation is 2. The van der Waals surface area contributed by atoms with E-state index in [1.165, 1.54) is 35.3 Å². The molecule has 0 N–H and O–H groups in total. The molecule has 0 aromatic heterocycles. The molecule has 20 heavy (non-hydrogen) atoms. The lowest BCUT2D eigenvalue weighted by Gasteiger charge is -2.15. The van der Waals surface area contributed by atoms with E-state index in [2.05, 4.69) is 32.0 Å². The third kappa shape index (κ3) is 2.88. The second-order valence-corrected chi connectivity index (χ2v) is 7.37. The standard InChI is InChI=1S/C17H23NOS/c1-12-9-18(10-13(12)2)17(19)11-20-16-7-6-14-4-3-5-15(14)8-16/h6-8,12-13H,3-5,9-11H2,1-2H3/t12-,13-/m0/s1. The molecule has 0 unspecified atom stereocenters. The predicted molar refractivity (Wildman–Crippen MR) is 84.1 cm³/mol. The van der Waals surface area contributed by atoms with Crippen molar-refractivity contribution in [2.24, 2.45) is 11.8 Å². The van der Waals surface area contributed by atoms with Crippen molar-refractivity contribution in [2.75, 3.05) is 18.8 Å². The molecular formula is C17H23NOS. The molecule has 108 valence electrons. The van der Waals surface area contributed by atoms with Crippen LogP contribution in [0.5, 0.6) is 0 Å². The summed E-state index contributed by atoms with van der Waals surface area (Å²) in [4.78, 5) is 15.5. The number of hydrogen-bond acceptors (Lipinski definition) is 2. The van der Waals surface area contributed by atoms with Crippen molar-refractivity contribution < 1.29 is 4.79 Å². The highest BCUT2D eigenvalue weighted by atomic mass is 32.2. The van der Waals surface area contributed by atoms with Crippen molar-refractivity contribution in [3.8, 4) is 0 Å². The number of rotatable bonds is 3. The summed E-state index contributed by atoms with van der Waals surface area (Å²) in [5, 5.41) is 0. The quantitative estimate of drug-likeness (QED) is 0.795. The number of likely N-dealkylation sites (tertiary alicyclic amines) is 1. The van der Waals surface area contributed by atoms with Crippen LogP contribution < -0.4 is 0 Å². The van der Waals surface area contributed by atoms with Crippen molar-refractivity contribution in [1.82, 2.24) is 4.90 Å². The van der Waals surface area contributed by atoms with Gasteiger partial charge in [0.05, 0.1) is 5.75 Å². The Morgan fingerprint density at radius 3 is 2.65 bits per heavy atom. The monoisotopic (exact) mass is 289 g/mol. The van der Waals surface area contributed by atoms with Gasteiger partial charge in [-0.15, -0.1) is 11.8 Å². The Morgan fingerprint density at radius 2 is 1.90 bits per heavy atom. The largest absolute Gasteiger partial charge is 0.341 e. The van der Waals surface area contributed by atoms with Crippen LogP contribution in [0.15, 0.2) is 23.1 Å². The fourth-order valence-corrected chi connectivity index (χ4v) is 4.07. The maximum atomic E-state index is 12.2. The van der Waals surface area contributed by atoms with Crippen LogP contribution in [0.1, 0.15) is 31.4 Å². The van der Waals surface area contributed by atoms with Crippen molar-refractivity contribution in [2.45, 2.75) is 38.0 Å². The molecule has 1 aromatic rings. The Balaban J connectivity index is 1.56. The molecule has 2 atom stereocenters. The van der Waals surface area contributed by atoms with Gasteiger partial charge in [-0.2, -0.15) is 0 Å². The Kier molecular flexibility index (Phi) is 4.06. The number of benzene rings is 1. The summed E-state index contributed by atoms with van der Waals surface area (Å²) in [6.45, 7) is 6.35. The van der Waals surface area contributed by atoms with Crippen LogP contribution in [0.4, 0.5) is 0 Å². The molecule has 3 rings (SSSR count). The van der Waals surface area contributed by atoms with Gasteiger partial charge in [0.2, 0.25) is 5.91 Å². The van der Waals surface area contributed by atoms with E-state index in [0.29, 0.717) is 23.5 Å². The van der Waals surface area contributed by atoms with Gasteiger partial charge in [0, 0.05) is 18.0 Å². The van der Waals surface area contributed by atoms with Crippen LogP contribution >= 0.6 is 11.8 Å². The molecule has 1 aliphatic heterocycles. The normalized spacial score (nSPS) is 25.0. The first kappa shape index (κ1) is 14.0. The molecule has 0 spiro atoms. The van der Waals surface area contributed by atoms with Crippen LogP contribution in [-0.4, -0.2) is 29.6 Å². The molecule has 1 saturated heterocycles. The van der Waals surface area contributed by atoms with E-state index < -0.39 is 0 Å². The zero-order valence-corrected chi connectivity index (χ0v) is 13.2. The molecular weight excluding hydrogens is 266 g/mol. The molecule has 1 fully saturated rings. The van der Waals surface area contributed by atoms with Crippen LogP contribution in [-0.2, 0) is 17.6 Å². The fourth-order valence-electron chi connectivity index (χ4n) is 3.21. The minimum Gasteiger partial charge on any atom is -0.341 e. The second-order valence-electron chi connectivity index (χ2n) is 6.33. The summed E-state index contributed by atoms with van der Waals surface area (Å²) in [6.07, 6.45) is 3.72. The zero-order valence-electron chi connectivity index (χ0n) is 12.4. The molecule has 0 saturated carbocycles. The Morgan fingerprint density at radius 1 is 1.20 bits per heavy atom. The highest BCUT2D eigenvalue weighted by Gasteiger charge is 2.29. The van der Waals surface area contributed by atoms with Gasteiger partial charge in [-0.1, -0.05) is 19.9 Å². The molecule has 1 heterocycles. The third-order valence-corrected chi connectivity index (χ3v) is 5.75. The topological polar surface area (TPSA) is 20.3 Å². The number of fused-ring (bicyclic) bond motifs is 1. The van der Waals surface area contributed by atoms with Gasteiger partial charge in [-0.25, -0.2) is 0 Å². The molecule has 1 aliphatic carbocycles. The van der Waals surface area contributed by atoms with Gasteiger partial charge >= 0.3 is 0 Å². The Labute approximate surface area is 125 Å². The smallest absolute Gasteiger partial charge is 0.232 e. The second kappa shape index (κ2) is 5.80. The first-order valence-corrected chi connectivity index (χ1v) is 8.64.